The lowest BCUT2D eigenvalue weighted by molar-refractivity contribution is -0.128. The van der Waals surface area contributed by atoms with Crippen molar-refractivity contribution in [3.05, 3.63) is 0 Å². The van der Waals surface area contributed by atoms with Crippen molar-refractivity contribution < 1.29 is 9.59 Å². The van der Waals surface area contributed by atoms with Crippen molar-refractivity contribution in [1.29, 1.82) is 0 Å². The predicted octanol–water partition coefficient (Wildman–Crippen LogP) is 1.47. The van der Waals surface area contributed by atoms with Gasteiger partial charge in [-0.05, 0) is 18.4 Å². The van der Waals surface area contributed by atoms with Crippen LogP contribution in [0, 0.1) is 5.92 Å². The van der Waals surface area contributed by atoms with E-state index in [0.717, 1.165) is 12.2 Å². The Labute approximate surface area is 90.0 Å². The maximum atomic E-state index is 11.7. The molecule has 14 heavy (non-hydrogen) atoms. The van der Waals surface area contributed by atoms with Crippen LogP contribution in [-0.4, -0.2) is 29.7 Å². The first-order chi connectivity index (χ1) is 6.49. The highest BCUT2D eigenvalue weighted by molar-refractivity contribution is 7.98. The van der Waals surface area contributed by atoms with E-state index in [2.05, 4.69) is 5.32 Å². The molecule has 0 saturated heterocycles. The number of ketones is 1. The highest BCUT2D eigenvalue weighted by atomic mass is 32.2. The quantitative estimate of drug-likeness (QED) is 0.733. The number of nitrogens with one attached hydrogen (secondary N) is 1. The van der Waals surface area contributed by atoms with Gasteiger partial charge in [0.2, 0.25) is 5.91 Å². The third-order valence-corrected chi connectivity index (χ3v) is 2.54. The average molecular weight is 217 g/mol. The summed E-state index contributed by atoms with van der Waals surface area (Å²) in [5.74, 6) is 0.858. The van der Waals surface area contributed by atoms with Crippen molar-refractivity contribution in [1.82, 2.24) is 5.32 Å². The Morgan fingerprint density at radius 2 is 1.93 bits per heavy atom. The van der Waals surface area contributed by atoms with Crippen molar-refractivity contribution in [3.63, 3.8) is 0 Å². The zero-order chi connectivity index (χ0) is 11.1. The van der Waals surface area contributed by atoms with Crippen molar-refractivity contribution >= 4 is 23.5 Å². The standard InChI is InChI=1S/C10H19NO2S/c1-7(2)10(13)9(5-6-14-4)11-8(3)12/h7,9H,5-6H2,1-4H3,(H,11,12). The van der Waals surface area contributed by atoms with E-state index in [0.29, 0.717) is 0 Å². The number of thioether (sulfide) groups is 1. The molecule has 0 fully saturated rings. The topological polar surface area (TPSA) is 46.2 Å². The first-order valence-corrected chi connectivity index (χ1v) is 6.18. The molecule has 1 unspecified atom stereocenters. The van der Waals surface area contributed by atoms with Gasteiger partial charge in [0.15, 0.2) is 5.78 Å². The molecule has 0 bridgehead atoms. The molecule has 1 atom stereocenters. The van der Waals surface area contributed by atoms with Gasteiger partial charge in [-0.15, -0.1) is 0 Å². The van der Waals surface area contributed by atoms with Crippen LogP contribution in [0.3, 0.4) is 0 Å². The molecule has 0 heterocycles. The van der Waals surface area contributed by atoms with E-state index in [1.54, 1.807) is 11.8 Å². The molecule has 1 N–H and O–H groups in total. The third-order valence-electron chi connectivity index (χ3n) is 1.90. The van der Waals surface area contributed by atoms with E-state index in [1.807, 2.05) is 20.1 Å². The molecule has 0 aromatic rings. The lowest BCUT2D eigenvalue weighted by Gasteiger charge is -2.18. The molecule has 0 aliphatic rings. The van der Waals surface area contributed by atoms with E-state index in [9.17, 15) is 9.59 Å². The van der Waals surface area contributed by atoms with Crippen LogP contribution in [0.2, 0.25) is 0 Å². The number of carbonyl (C=O) groups is 2. The van der Waals surface area contributed by atoms with Gasteiger partial charge in [0, 0.05) is 12.8 Å². The smallest absolute Gasteiger partial charge is 0.217 e. The van der Waals surface area contributed by atoms with Crippen LogP contribution < -0.4 is 5.32 Å². The van der Waals surface area contributed by atoms with Gasteiger partial charge in [-0.3, -0.25) is 9.59 Å². The Morgan fingerprint density at radius 3 is 2.29 bits per heavy atom. The second-order valence-electron chi connectivity index (χ2n) is 3.59. The normalized spacial score (nSPS) is 12.6. The lowest BCUT2D eigenvalue weighted by Crippen LogP contribution is -2.42. The number of carbonyl (C=O) groups excluding carboxylic acids is 2. The Kier molecular flexibility index (Phi) is 6.62. The fourth-order valence-corrected chi connectivity index (χ4v) is 1.64. The predicted molar refractivity (Wildman–Crippen MR) is 60.4 cm³/mol. The Bertz CT molecular complexity index is 204. The van der Waals surface area contributed by atoms with Crippen molar-refractivity contribution in [2.24, 2.45) is 5.92 Å². The monoisotopic (exact) mass is 217 g/mol. The summed E-state index contributed by atoms with van der Waals surface area (Å²) in [6, 6.07) is -0.306. The molecule has 3 nitrogen and oxygen atoms in total. The minimum absolute atomic E-state index is 0.0197. The number of hydrogen-bond acceptors (Lipinski definition) is 3. The molecule has 82 valence electrons. The van der Waals surface area contributed by atoms with Crippen LogP contribution >= 0.6 is 11.8 Å². The molecule has 0 aliphatic carbocycles. The van der Waals surface area contributed by atoms with Gasteiger partial charge in [-0.1, -0.05) is 13.8 Å². The van der Waals surface area contributed by atoms with Gasteiger partial charge >= 0.3 is 0 Å². The molecule has 0 spiro atoms. The fraction of sp³-hybridized carbons (Fsp3) is 0.800. The number of hydrogen-bond donors (Lipinski definition) is 1. The van der Waals surface area contributed by atoms with E-state index >= 15 is 0 Å². The summed E-state index contributed by atoms with van der Waals surface area (Å²) in [5, 5.41) is 2.69. The summed E-state index contributed by atoms with van der Waals surface area (Å²) in [6.07, 6.45) is 2.71. The summed E-state index contributed by atoms with van der Waals surface area (Å²) < 4.78 is 0. The SMILES string of the molecule is CSCCC(NC(C)=O)C(=O)C(C)C. The van der Waals surface area contributed by atoms with Gasteiger partial charge in [0.1, 0.15) is 0 Å². The second kappa shape index (κ2) is 6.87. The van der Waals surface area contributed by atoms with Crippen molar-refractivity contribution in [3.8, 4) is 0 Å². The van der Waals surface area contributed by atoms with Crippen LogP contribution in [0.15, 0.2) is 0 Å². The van der Waals surface area contributed by atoms with Crippen molar-refractivity contribution in [2.75, 3.05) is 12.0 Å². The molecule has 0 aromatic heterocycles. The van der Waals surface area contributed by atoms with Crippen LogP contribution in [0.25, 0.3) is 0 Å². The summed E-state index contributed by atoms with van der Waals surface area (Å²) in [5.41, 5.74) is 0. The van der Waals surface area contributed by atoms with Crippen LogP contribution in [0.5, 0.6) is 0 Å². The Balaban J connectivity index is 4.22. The highest BCUT2D eigenvalue weighted by Crippen LogP contribution is 2.07. The molecular weight excluding hydrogens is 198 g/mol. The summed E-state index contributed by atoms with van der Waals surface area (Å²) in [6.45, 7) is 5.16. The fourth-order valence-electron chi connectivity index (χ4n) is 1.17. The molecule has 4 heteroatoms. The zero-order valence-electron chi connectivity index (χ0n) is 9.29. The third kappa shape index (κ3) is 5.27. The first kappa shape index (κ1) is 13.5. The van der Waals surface area contributed by atoms with Crippen LogP contribution in [0.4, 0.5) is 0 Å². The van der Waals surface area contributed by atoms with Crippen LogP contribution in [0.1, 0.15) is 27.2 Å². The molecule has 0 radical (unpaired) electrons. The van der Waals surface area contributed by atoms with Gasteiger partial charge in [0.25, 0.3) is 0 Å². The van der Waals surface area contributed by atoms with E-state index < -0.39 is 0 Å². The van der Waals surface area contributed by atoms with Crippen molar-refractivity contribution in [2.45, 2.75) is 33.2 Å². The van der Waals surface area contributed by atoms with E-state index in [1.165, 1.54) is 6.92 Å². The lowest BCUT2D eigenvalue weighted by atomic mass is 10.00. The molecule has 1 amide bonds. The second-order valence-corrected chi connectivity index (χ2v) is 4.58. The first-order valence-electron chi connectivity index (χ1n) is 4.78. The summed E-state index contributed by atoms with van der Waals surface area (Å²) in [7, 11) is 0. The molecule has 0 rings (SSSR count). The van der Waals surface area contributed by atoms with E-state index in [4.69, 9.17) is 0 Å². The summed E-state index contributed by atoms with van der Waals surface area (Å²) in [4.78, 5) is 22.5. The minimum atomic E-state index is -0.306. The highest BCUT2D eigenvalue weighted by Gasteiger charge is 2.21. The maximum absolute atomic E-state index is 11.7. The number of amides is 1. The molecule has 0 aliphatic heterocycles. The maximum Gasteiger partial charge on any atom is 0.217 e. The molecule has 0 saturated carbocycles. The van der Waals surface area contributed by atoms with Gasteiger partial charge in [0.05, 0.1) is 6.04 Å². The number of rotatable bonds is 6. The average Bonchev–Trinajstić information content (AvgIpc) is 2.10. The number of Topliss-reactive ketones (excluding diaryl/α,β-unsaturated/α-hetero) is 1. The largest absolute Gasteiger partial charge is 0.346 e. The summed E-state index contributed by atoms with van der Waals surface area (Å²) >= 11 is 1.68. The van der Waals surface area contributed by atoms with Gasteiger partial charge < -0.3 is 5.32 Å². The van der Waals surface area contributed by atoms with Gasteiger partial charge in [-0.25, -0.2) is 0 Å². The molecular formula is C10H19NO2S. The van der Waals surface area contributed by atoms with Gasteiger partial charge in [-0.2, -0.15) is 11.8 Å². The van der Waals surface area contributed by atoms with Crippen LogP contribution in [-0.2, 0) is 9.59 Å². The molecule has 0 aromatic carbocycles. The Hall–Kier alpha value is -0.510. The Morgan fingerprint density at radius 1 is 1.36 bits per heavy atom. The zero-order valence-corrected chi connectivity index (χ0v) is 10.1. The minimum Gasteiger partial charge on any atom is -0.346 e. The van der Waals surface area contributed by atoms with E-state index in [-0.39, 0.29) is 23.7 Å².